The first kappa shape index (κ1) is 16.2. The van der Waals surface area contributed by atoms with Crippen LogP contribution in [-0.2, 0) is 10.2 Å². The number of likely N-dealkylation sites (N-methyl/N-ethyl adjacent to an activating group) is 1. The number of rotatable bonds is 6. The van der Waals surface area contributed by atoms with Crippen molar-refractivity contribution >= 4 is 10.2 Å². The maximum atomic E-state index is 12.9. The van der Waals surface area contributed by atoms with Crippen LogP contribution in [0.15, 0.2) is 0 Å². The van der Waals surface area contributed by atoms with Crippen LogP contribution in [0.5, 0.6) is 0 Å². The van der Waals surface area contributed by atoms with Crippen LogP contribution in [0, 0.1) is 0 Å². The van der Waals surface area contributed by atoms with Crippen LogP contribution < -0.4 is 5.32 Å². The Morgan fingerprint density at radius 1 is 1.10 bits per heavy atom. The van der Waals surface area contributed by atoms with Gasteiger partial charge in [0.25, 0.3) is 10.2 Å². The first-order valence-electron chi connectivity index (χ1n) is 7.64. The van der Waals surface area contributed by atoms with Crippen LogP contribution in [0.25, 0.3) is 0 Å². The molecule has 6 nitrogen and oxygen atoms in total. The van der Waals surface area contributed by atoms with Crippen molar-refractivity contribution < 1.29 is 8.42 Å². The number of nitrogens with zero attached hydrogens (tertiary/aromatic N) is 3. The highest BCUT2D eigenvalue weighted by molar-refractivity contribution is 7.86. The topological polar surface area (TPSA) is 55.9 Å². The molecule has 1 saturated heterocycles. The third kappa shape index (κ3) is 3.92. The van der Waals surface area contributed by atoms with Crippen LogP contribution in [0.3, 0.4) is 0 Å². The molecule has 0 atom stereocenters. The zero-order chi connectivity index (χ0) is 14.6. The highest BCUT2D eigenvalue weighted by Gasteiger charge is 2.36. The fourth-order valence-corrected chi connectivity index (χ4v) is 4.84. The molecule has 1 N–H and O–H groups in total. The summed E-state index contributed by atoms with van der Waals surface area (Å²) in [5.41, 5.74) is 0. The summed E-state index contributed by atoms with van der Waals surface area (Å²) >= 11 is 0. The molecule has 0 bridgehead atoms. The Morgan fingerprint density at radius 2 is 1.70 bits per heavy atom. The molecule has 20 heavy (non-hydrogen) atoms. The molecule has 0 aromatic rings. The molecule has 0 unspecified atom stereocenters. The Morgan fingerprint density at radius 3 is 2.25 bits per heavy atom. The molecule has 0 radical (unpaired) electrons. The molecule has 2 aliphatic rings. The van der Waals surface area contributed by atoms with E-state index >= 15 is 0 Å². The van der Waals surface area contributed by atoms with Gasteiger partial charge in [-0.15, -0.1) is 0 Å². The van der Waals surface area contributed by atoms with Crippen LogP contribution in [0.4, 0.5) is 0 Å². The molecule has 118 valence electrons. The predicted octanol–water partition coefficient (Wildman–Crippen LogP) is -0.0574. The normalized spacial score (nSPS) is 23.0. The number of piperazine rings is 1. The Balaban J connectivity index is 2.10. The monoisotopic (exact) mass is 304 g/mol. The summed E-state index contributed by atoms with van der Waals surface area (Å²) in [6.45, 7) is 4.07. The molecule has 1 aliphatic carbocycles. The Labute approximate surface area is 123 Å². The van der Waals surface area contributed by atoms with Crippen molar-refractivity contribution in [3.63, 3.8) is 0 Å². The van der Waals surface area contributed by atoms with Gasteiger partial charge in [0.15, 0.2) is 0 Å². The van der Waals surface area contributed by atoms with E-state index in [9.17, 15) is 8.42 Å². The van der Waals surface area contributed by atoms with Crippen molar-refractivity contribution in [1.29, 1.82) is 0 Å². The summed E-state index contributed by atoms with van der Waals surface area (Å²) < 4.78 is 29.2. The lowest BCUT2D eigenvalue weighted by atomic mass is 10.2. The van der Waals surface area contributed by atoms with Gasteiger partial charge in [-0.2, -0.15) is 17.0 Å². The van der Waals surface area contributed by atoms with E-state index in [1.54, 1.807) is 8.61 Å². The highest BCUT2D eigenvalue weighted by Crippen LogP contribution is 2.27. The number of hydrogen-bond acceptors (Lipinski definition) is 4. The summed E-state index contributed by atoms with van der Waals surface area (Å²) in [5.74, 6) is 0. The smallest absolute Gasteiger partial charge is 0.282 e. The predicted molar refractivity (Wildman–Crippen MR) is 80.9 cm³/mol. The fourth-order valence-electron chi connectivity index (χ4n) is 3.00. The SMILES string of the molecule is CN(C)CCN(C1CCCC1)S(=O)(=O)N1CCNCC1. The molecule has 0 amide bonds. The average Bonchev–Trinajstić information content (AvgIpc) is 2.93. The van der Waals surface area contributed by atoms with Crippen LogP contribution >= 0.6 is 0 Å². The molecule has 7 heteroatoms. The van der Waals surface area contributed by atoms with E-state index in [1.807, 2.05) is 14.1 Å². The van der Waals surface area contributed by atoms with Gasteiger partial charge in [-0.1, -0.05) is 12.8 Å². The summed E-state index contributed by atoms with van der Waals surface area (Å²) in [5, 5.41) is 3.21. The van der Waals surface area contributed by atoms with E-state index < -0.39 is 10.2 Å². The molecule has 2 fully saturated rings. The number of nitrogens with one attached hydrogen (secondary N) is 1. The second-order valence-corrected chi connectivity index (χ2v) is 7.89. The van der Waals surface area contributed by atoms with Gasteiger partial charge in [-0.25, -0.2) is 0 Å². The molecule has 2 rings (SSSR count). The maximum Gasteiger partial charge on any atom is 0.282 e. The minimum Gasteiger partial charge on any atom is -0.314 e. The van der Waals surface area contributed by atoms with E-state index in [1.165, 1.54) is 0 Å². The van der Waals surface area contributed by atoms with Gasteiger partial charge in [0.05, 0.1) is 0 Å². The first-order chi connectivity index (χ1) is 9.51. The third-order valence-electron chi connectivity index (χ3n) is 4.20. The molecule has 0 spiro atoms. The van der Waals surface area contributed by atoms with Crippen LogP contribution in [0.1, 0.15) is 25.7 Å². The number of hydrogen-bond donors (Lipinski definition) is 1. The molecule has 0 aromatic carbocycles. The van der Waals surface area contributed by atoms with Crippen molar-refractivity contribution in [2.75, 3.05) is 53.4 Å². The Kier molecular flexibility index (Phi) is 5.80. The Bertz CT molecular complexity index is 387. The second-order valence-electron chi connectivity index (χ2n) is 6.01. The van der Waals surface area contributed by atoms with Gasteiger partial charge in [0.2, 0.25) is 0 Å². The molecule has 1 saturated carbocycles. The van der Waals surface area contributed by atoms with E-state index in [0.717, 1.165) is 45.3 Å². The fraction of sp³-hybridized carbons (Fsp3) is 1.00. The zero-order valence-corrected chi connectivity index (χ0v) is 13.5. The molecule has 1 heterocycles. The standard InChI is InChI=1S/C13H28N4O2S/c1-15(2)11-12-17(13-5-3-4-6-13)20(18,19)16-9-7-14-8-10-16/h13-14H,3-12H2,1-2H3. The van der Waals surface area contributed by atoms with Crippen molar-refractivity contribution in [3.8, 4) is 0 Å². The third-order valence-corrected chi connectivity index (χ3v) is 6.29. The highest BCUT2D eigenvalue weighted by atomic mass is 32.2. The van der Waals surface area contributed by atoms with E-state index in [0.29, 0.717) is 19.6 Å². The van der Waals surface area contributed by atoms with E-state index in [2.05, 4.69) is 10.2 Å². The van der Waals surface area contributed by atoms with Crippen molar-refractivity contribution in [2.24, 2.45) is 0 Å². The minimum atomic E-state index is -3.30. The minimum absolute atomic E-state index is 0.204. The maximum absolute atomic E-state index is 12.9. The lowest BCUT2D eigenvalue weighted by molar-refractivity contribution is 0.250. The zero-order valence-electron chi connectivity index (χ0n) is 12.7. The van der Waals surface area contributed by atoms with Crippen molar-refractivity contribution in [2.45, 2.75) is 31.7 Å². The van der Waals surface area contributed by atoms with E-state index in [-0.39, 0.29) is 6.04 Å². The van der Waals surface area contributed by atoms with Gasteiger partial charge in [-0.3, -0.25) is 0 Å². The summed E-state index contributed by atoms with van der Waals surface area (Å²) in [7, 11) is 0.677. The molecular formula is C13H28N4O2S. The quantitative estimate of drug-likeness (QED) is 0.747. The van der Waals surface area contributed by atoms with E-state index in [4.69, 9.17) is 0 Å². The summed E-state index contributed by atoms with van der Waals surface area (Å²) in [6, 6.07) is 0.204. The average molecular weight is 304 g/mol. The van der Waals surface area contributed by atoms with Crippen molar-refractivity contribution in [3.05, 3.63) is 0 Å². The molecular weight excluding hydrogens is 276 g/mol. The van der Waals surface area contributed by atoms with Crippen molar-refractivity contribution in [1.82, 2.24) is 18.8 Å². The molecule has 0 aromatic heterocycles. The summed E-state index contributed by atoms with van der Waals surface area (Å²) in [6.07, 6.45) is 4.33. The first-order valence-corrected chi connectivity index (χ1v) is 9.04. The molecule has 1 aliphatic heterocycles. The Hall–Kier alpha value is -0.210. The van der Waals surface area contributed by atoms with Crippen LogP contribution in [0.2, 0.25) is 0 Å². The second kappa shape index (κ2) is 7.17. The summed E-state index contributed by atoms with van der Waals surface area (Å²) in [4.78, 5) is 2.05. The van der Waals surface area contributed by atoms with Gasteiger partial charge in [0.1, 0.15) is 0 Å². The van der Waals surface area contributed by atoms with Gasteiger partial charge in [0, 0.05) is 45.3 Å². The lowest BCUT2D eigenvalue weighted by Crippen LogP contribution is -2.54. The van der Waals surface area contributed by atoms with Gasteiger partial charge >= 0.3 is 0 Å². The van der Waals surface area contributed by atoms with Gasteiger partial charge < -0.3 is 10.2 Å². The van der Waals surface area contributed by atoms with Gasteiger partial charge in [-0.05, 0) is 26.9 Å². The lowest BCUT2D eigenvalue weighted by Gasteiger charge is -2.36. The van der Waals surface area contributed by atoms with Crippen LogP contribution in [-0.4, -0.2) is 81.3 Å². The largest absolute Gasteiger partial charge is 0.314 e.